The third kappa shape index (κ3) is 5.03. The van der Waals surface area contributed by atoms with E-state index in [4.69, 9.17) is 5.14 Å². The number of carbonyl (C=O) groups excluding carboxylic acids is 1. The highest BCUT2D eigenvalue weighted by Crippen LogP contribution is 2.19. The van der Waals surface area contributed by atoms with Crippen LogP contribution in [0.25, 0.3) is 16.8 Å². The van der Waals surface area contributed by atoms with Crippen molar-refractivity contribution in [3.63, 3.8) is 0 Å². The molecule has 6 heteroatoms. The van der Waals surface area contributed by atoms with E-state index in [1.165, 1.54) is 18.2 Å². The van der Waals surface area contributed by atoms with Crippen LogP contribution >= 0.6 is 0 Å². The van der Waals surface area contributed by atoms with E-state index < -0.39 is 10.0 Å². The van der Waals surface area contributed by atoms with Gasteiger partial charge in [-0.15, -0.1) is 0 Å². The van der Waals surface area contributed by atoms with E-state index >= 15 is 0 Å². The summed E-state index contributed by atoms with van der Waals surface area (Å²) in [6.07, 6.45) is 3.92. The lowest BCUT2D eigenvalue weighted by Crippen LogP contribution is -2.23. The van der Waals surface area contributed by atoms with Crippen molar-refractivity contribution in [3.8, 4) is 0 Å². The number of primary sulfonamides is 1. The second-order valence-electron chi connectivity index (χ2n) is 6.13. The molecule has 0 spiro atoms. The molecule has 3 aromatic carbocycles. The van der Waals surface area contributed by atoms with Gasteiger partial charge in [-0.1, -0.05) is 54.6 Å². The Balaban J connectivity index is 1.56. The number of carbonyl (C=O) groups is 1. The number of amides is 1. The molecule has 1 amide bonds. The summed E-state index contributed by atoms with van der Waals surface area (Å²) >= 11 is 0. The minimum absolute atomic E-state index is 0.0771. The van der Waals surface area contributed by atoms with E-state index in [-0.39, 0.29) is 10.8 Å². The highest BCUT2D eigenvalue weighted by Gasteiger charge is 2.06. The molecule has 0 heterocycles. The third-order valence-corrected chi connectivity index (χ3v) is 5.13. The number of benzene rings is 3. The van der Waals surface area contributed by atoms with Crippen molar-refractivity contribution in [1.29, 1.82) is 0 Å². The molecule has 0 saturated heterocycles. The number of rotatable bonds is 6. The quantitative estimate of drug-likeness (QED) is 0.645. The van der Waals surface area contributed by atoms with Gasteiger partial charge in [-0.25, -0.2) is 13.6 Å². The van der Waals surface area contributed by atoms with Gasteiger partial charge in [0.25, 0.3) is 0 Å². The van der Waals surface area contributed by atoms with Crippen molar-refractivity contribution in [2.75, 3.05) is 6.54 Å². The van der Waals surface area contributed by atoms with Crippen LogP contribution in [-0.2, 0) is 21.2 Å². The summed E-state index contributed by atoms with van der Waals surface area (Å²) in [6.45, 7) is 0.452. The molecule has 3 N–H and O–H groups in total. The van der Waals surface area contributed by atoms with Gasteiger partial charge in [0.05, 0.1) is 4.90 Å². The summed E-state index contributed by atoms with van der Waals surface area (Å²) in [6, 6.07) is 20.3. The predicted molar refractivity (Wildman–Crippen MR) is 108 cm³/mol. The average molecular weight is 380 g/mol. The molecule has 0 aliphatic rings. The number of sulfonamides is 1. The van der Waals surface area contributed by atoms with Gasteiger partial charge >= 0.3 is 0 Å². The maximum absolute atomic E-state index is 12.0. The molecule has 27 heavy (non-hydrogen) atoms. The highest BCUT2D eigenvalue weighted by molar-refractivity contribution is 7.89. The standard InChI is InChI=1S/C21H20N2O3S/c22-27(25,26)19-11-8-16(9-12-19)14-15-23-21(24)13-10-18-6-3-5-17-4-1-2-7-20(17)18/h1-13H,14-15H2,(H,23,24)(H2,22,25,26)/b13-10+. The first kappa shape index (κ1) is 18.8. The number of hydrogen-bond acceptors (Lipinski definition) is 3. The van der Waals surface area contributed by atoms with Crippen molar-refractivity contribution in [1.82, 2.24) is 5.32 Å². The molecule has 0 saturated carbocycles. The zero-order chi connectivity index (χ0) is 19.3. The van der Waals surface area contributed by atoms with Crippen LogP contribution in [0.2, 0.25) is 0 Å². The Morgan fingerprint density at radius 1 is 0.963 bits per heavy atom. The minimum atomic E-state index is -3.68. The molecule has 0 aromatic heterocycles. The number of hydrogen-bond donors (Lipinski definition) is 2. The van der Waals surface area contributed by atoms with Gasteiger partial charge in [-0.2, -0.15) is 0 Å². The van der Waals surface area contributed by atoms with Crippen LogP contribution in [0.1, 0.15) is 11.1 Å². The first-order chi connectivity index (χ1) is 12.9. The van der Waals surface area contributed by atoms with Crippen LogP contribution in [-0.4, -0.2) is 20.9 Å². The van der Waals surface area contributed by atoms with Gasteiger partial charge in [0.15, 0.2) is 0 Å². The Hall–Kier alpha value is -2.96. The second-order valence-corrected chi connectivity index (χ2v) is 7.69. The van der Waals surface area contributed by atoms with E-state index in [1.54, 1.807) is 18.2 Å². The molecule has 138 valence electrons. The zero-order valence-corrected chi connectivity index (χ0v) is 15.4. The molecule has 3 rings (SSSR count). The molecule has 0 unspecified atom stereocenters. The van der Waals surface area contributed by atoms with Crippen LogP contribution in [0.4, 0.5) is 0 Å². The first-order valence-electron chi connectivity index (χ1n) is 8.49. The van der Waals surface area contributed by atoms with Gasteiger partial charge < -0.3 is 5.32 Å². The van der Waals surface area contributed by atoms with Gasteiger partial charge in [-0.3, -0.25) is 4.79 Å². The molecule has 3 aromatic rings. The smallest absolute Gasteiger partial charge is 0.244 e. The van der Waals surface area contributed by atoms with E-state index in [1.807, 2.05) is 42.5 Å². The lowest BCUT2D eigenvalue weighted by atomic mass is 10.0. The van der Waals surface area contributed by atoms with Crippen LogP contribution in [0.15, 0.2) is 77.7 Å². The van der Waals surface area contributed by atoms with E-state index in [0.29, 0.717) is 13.0 Å². The number of nitrogens with two attached hydrogens (primary N) is 1. The third-order valence-electron chi connectivity index (χ3n) is 4.20. The molecule has 0 radical (unpaired) electrons. The molecular formula is C21H20N2O3S. The molecule has 0 aliphatic heterocycles. The summed E-state index contributed by atoms with van der Waals surface area (Å²) in [4.78, 5) is 12.1. The Bertz CT molecular complexity index is 1080. The normalized spacial score (nSPS) is 11.7. The SMILES string of the molecule is NS(=O)(=O)c1ccc(CCNC(=O)/C=C/c2cccc3ccccc23)cc1. The Morgan fingerprint density at radius 2 is 1.67 bits per heavy atom. The fraction of sp³-hybridized carbons (Fsp3) is 0.0952. The zero-order valence-electron chi connectivity index (χ0n) is 14.6. The molecular weight excluding hydrogens is 360 g/mol. The topological polar surface area (TPSA) is 89.3 Å². The van der Waals surface area contributed by atoms with Gasteiger partial charge in [0.1, 0.15) is 0 Å². The minimum Gasteiger partial charge on any atom is -0.352 e. The Kier molecular flexibility index (Phi) is 5.69. The summed E-state index contributed by atoms with van der Waals surface area (Å²) in [5.74, 6) is -0.177. The Morgan fingerprint density at radius 3 is 2.41 bits per heavy atom. The molecule has 5 nitrogen and oxygen atoms in total. The van der Waals surface area contributed by atoms with Crippen molar-refractivity contribution in [2.24, 2.45) is 5.14 Å². The van der Waals surface area contributed by atoms with Crippen molar-refractivity contribution in [2.45, 2.75) is 11.3 Å². The fourth-order valence-corrected chi connectivity index (χ4v) is 3.31. The van der Waals surface area contributed by atoms with Crippen molar-refractivity contribution >= 4 is 32.8 Å². The lowest BCUT2D eigenvalue weighted by Gasteiger charge is -2.05. The fourth-order valence-electron chi connectivity index (χ4n) is 2.80. The van der Waals surface area contributed by atoms with E-state index in [2.05, 4.69) is 5.32 Å². The van der Waals surface area contributed by atoms with Crippen molar-refractivity contribution in [3.05, 3.63) is 83.9 Å². The Labute approximate surface area is 158 Å². The van der Waals surface area contributed by atoms with Crippen LogP contribution in [0.5, 0.6) is 0 Å². The molecule has 0 atom stereocenters. The summed E-state index contributed by atoms with van der Waals surface area (Å²) in [7, 11) is -3.68. The van der Waals surface area contributed by atoms with Crippen LogP contribution in [0.3, 0.4) is 0 Å². The van der Waals surface area contributed by atoms with E-state index in [9.17, 15) is 13.2 Å². The predicted octanol–water partition coefficient (Wildman–Crippen LogP) is 2.86. The molecule has 0 aliphatic carbocycles. The largest absolute Gasteiger partial charge is 0.352 e. The maximum Gasteiger partial charge on any atom is 0.244 e. The lowest BCUT2D eigenvalue weighted by molar-refractivity contribution is -0.116. The molecule has 0 bridgehead atoms. The summed E-state index contributed by atoms with van der Waals surface area (Å²) in [5.41, 5.74) is 1.91. The first-order valence-corrected chi connectivity index (χ1v) is 10.0. The highest BCUT2D eigenvalue weighted by atomic mass is 32.2. The van der Waals surface area contributed by atoms with Crippen LogP contribution < -0.4 is 10.5 Å². The van der Waals surface area contributed by atoms with Gasteiger partial charge in [-0.05, 0) is 46.5 Å². The summed E-state index contributed by atoms with van der Waals surface area (Å²) < 4.78 is 22.5. The van der Waals surface area contributed by atoms with Gasteiger partial charge in [0, 0.05) is 12.6 Å². The number of fused-ring (bicyclic) bond motifs is 1. The maximum atomic E-state index is 12.0. The van der Waals surface area contributed by atoms with Gasteiger partial charge in [0.2, 0.25) is 15.9 Å². The summed E-state index contributed by atoms with van der Waals surface area (Å²) in [5, 5.41) is 10.1. The average Bonchev–Trinajstić information content (AvgIpc) is 2.66. The second kappa shape index (κ2) is 8.16. The van der Waals surface area contributed by atoms with Crippen LogP contribution in [0, 0.1) is 0 Å². The van der Waals surface area contributed by atoms with Crippen molar-refractivity contribution < 1.29 is 13.2 Å². The number of nitrogens with one attached hydrogen (secondary N) is 1. The monoisotopic (exact) mass is 380 g/mol. The van der Waals surface area contributed by atoms with E-state index in [0.717, 1.165) is 21.9 Å². The molecule has 0 fully saturated rings.